The summed E-state index contributed by atoms with van der Waals surface area (Å²) in [7, 11) is 3.46. The molecule has 2 heterocycles. The van der Waals surface area contributed by atoms with Crippen molar-refractivity contribution in [3.05, 3.63) is 76.9 Å². The van der Waals surface area contributed by atoms with Crippen LogP contribution >= 0.6 is 0 Å². The number of fused-ring (bicyclic) bond motifs is 1. The van der Waals surface area contributed by atoms with Gasteiger partial charge in [-0.05, 0) is 18.2 Å². The highest BCUT2D eigenvalue weighted by molar-refractivity contribution is 5.75. The number of hydrogen-bond donors (Lipinski definition) is 0. The first-order chi connectivity index (χ1) is 15.5. The molecular weight excluding hydrogens is 407 g/mol. The summed E-state index contributed by atoms with van der Waals surface area (Å²) >= 11 is 0. The summed E-state index contributed by atoms with van der Waals surface area (Å²) in [6.45, 7) is 4.28. The summed E-state index contributed by atoms with van der Waals surface area (Å²) in [5, 5.41) is 4.93. The largest absolute Gasteiger partial charge is 0.494 e. The lowest BCUT2D eigenvalue weighted by Crippen LogP contribution is -2.32. The smallest absolute Gasteiger partial charge is 0.222 e. The van der Waals surface area contributed by atoms with E-state index in [4.69, 9.17) is 9.84 Å². The monoisotopic (exact) mass is 436 g/mol. The highest BCUT2D eigenvalue weighted by Gasteiger charge is 2.27. The second kappa shape index (κ2) is 9.53. The minimum atomic E-state index is -0.184. The number of aromatic nitrogens is 2. The van der Waals surface area contributed by atoms with E-state index in [0.717, 1.165) is 41.4 Å². The van der Waals surface area contributed by atoms with Crippen LogP contribution in [0, 0.1) is 5.82 Å². The van der Waals surface area contributed by atoms with E-state index in [2.05, 4.69) is 4.90 Å². The molecular formula is C25H29FN4O2. The molecule has 0 saturated heterocycles. The molecule has 0 aliphatic carbocycles. The molecule has 0 N–H and O–H groups in total. The zero-order valence-corrected chi connectivity index (χ0v) is 18.8. The predicted octanol–water partition coefficient (Wildman–Crippen LogP) is 3.95. The van der Waals surface area contributed by atoms with Crippen molar-refractivity contribution in [3.8, 4) is 11.4 Å². The maximum atomic E-state index is 14.2. The molecule has 0 saturated carbocycles. The number of halogens is 1. The fourth-order valence-electron chi connectivity index (χ4n) is 4.26. The van der Waals surface area contributed by atoms with Crippen LogP contribution in [0.3, 0.4) is 0 Å². The third-order valence-corrected chi connectivity index (χ3v) is 6.00. The SMILES string of the molecule is CCC(=O)N(C)Cc1nn(-c2ccccc2OC)c2c1CN(Cc1ccccc1F)CC2. The number of nitrogens with zero attached hydrogens (tertiary/aromatic N) is 4. The van der Waals surface area contributed by atoms with Crippen molar-refractivity contribution >= 4 is 5.91 Å². The minimum absolute atomic E-state index is 0.0737. The highest BCUT2D eigenvalue weighted by atomic mass is 19.1. The van der Waals surface area contributed by atoms with Crippen LogP contribution in [0.15, 0.2) is 48.5 Å². The Hall–Kier alpha value is -3.19. The maximum Gasteiger partial charge on any atom is 0.222 e. The van der Waals surface area contributed by atoms with Gasteiger partial charge in [-0.25, -0.2) is 9.07 Å². The fraction of sp³-hybridized carbons (Fsp3) is 0.360. The predicted molar refractivity (Wildman–Crippen MR) is 121 cm³/mol. The van der Waals surface area contributed by atoms with Crippen molar-refractivity contribution in [2.45, 2.75) is 39.4 Å². The Labute approximate surface area is 188 Å². The van der Waals surface area contributed by atoms with Gasteiger partial charge < -0.3 is 9.64 Å². The summed E-state index contributed by atoms with van der Waals surface area (Å²) in [6, 6.07) is 14.7. The Balaban J connectivity index is 1.70. The Kier molecular flexibility index (Phi) is 6.55. The number of carbonyl (C=O) groups excluding carboxylic acids is 1. The highest BCUT2D eigenvalue weighted by Crippen LogP contribution is 2.30. The molecule has 0 unspecified atom stereocenters. The van der Waals surface area contributed by atoms with Crippen LogP contribution in [-0.4, -0.2) is 46.2 Å². The molecule has 6 nitrogen and oxygen atoms in total. The van der Waals surface area contributed by atoms with Gasteiger partial charge >= 0.3 is 0 Å². The minimum Gasteiger partial charge on any atom is -0.494 e. The van der Waals surface area contributed by atoms with Gasteiger partial charge in [-0.3, -0.25) is 9.69 Å². The number of amides is 1. The van der Waals surface area contributed by atoms with E-state index >= 15 is 0 Å². The number of rotatable bonds is 7. The summed E-state index contributed by atoms with van der Waals surface area (Å²) in [5.74, 6) is 0.636. The van der Waals surface area contributed by atoms with Crippen LogP contribution < -0.4 is 4.74 Å². The Bertz CT molecular complexity index is 1110. The summed E-state index contributed by atoms with van der Waals surface area (Å²) < 4.78 is 21.8. The van der Waals surface area contributed by atoms with Gasteiger partial charge in [0.1, 0.15) is 17.3 Å². The van der Waals surface area contributed by atoms with Crippen molar-refractivity contribution in [2.75, 3.05) is 20.7 Å². The van der Waals surface area contributed by atoms with Gasteiger partial charge in [0.15, 0.2) is 0 Å². The molecule has 0 bridgehead atoms. The van der Waals surface area contributed by atoms with Crippen LogP contribution in [-0.2, 0) is 30.8 Å². The first-order valence-electron chi connectivity index (χ1n) is 10.9. The van der Waals surface area contributed by atoms with Gasteiger partial charge in [0.25, 0.3) is 0 Å². The van der Waals surface area contributed by atoms with Gasteiger partial charge in [0.05, 0.1) is 25.0 Å². The van der Waals surface area contributed by atoms with Crippen LogP contribution in [0.25, 0.3) is 5.69 Å². The average molecular weight is 437 g/mol. The Morgan fingerprint density at radius 3 is 2.69 bits per heavy atom. The first kappa shape index (κ1) is 22.0. The molecule has 4 rings (SSSR count). The van der Waals surface area contributed by atoms with E-state index in [1.807, 2.05) is 48.0 Å². The molecule has 1 aromatic heterocycles. The normalized spacial score (nSPS) is 13.6. The lowest BCUT2D eigenvalue weighted by Gasteiger charge is -2.28. The number of hydrogen-bond acceptors (Lipinski definition) is 4. The first-order valence-corrected chi connectivity index (χ1v) is 10.9. The van der Waals surface area contributed by atoms with Crippen molar-refractivity contribution < 1.29 is 13.9 Å². The number of carbonyl (C=O) groups is 1. The number of methoxy groups -OCH3 is 1. The second-order valence-corrected chi connectivity index (χ2v) is 8.11. The van der Waals surface area contributed by atoms with E-state index in [1.54, 1.807) is 25.1 Å². The quantitative estimate of drug-likeness (QED) is 0.563. The zero-order valence-electron chi connectivity index (χ0n) is 18.8. The molecule has 1 aliphatic heterocycles. The lowest BCUT2D eigenvalue weighted by atomic mass is 10.0. The average Bonchev–Trinajstić information content (AvgIpc) is 3.17. The van der Waals surface area contributed by atoms with Gasteiger partial charge in [-0.1, -0.05) is 37.3 Å². The molecule has 1 amide bonds. The van der Waals surface area contributed by atoms with E-state index in [1.165, 1.54) is 6.07 Å². The van der Waals surface area contributed by atoms with E-state index < -0.39 is 0 Å². The standard InChI is InChI=1S/C25H29FN4O2/c1-4-25(31)28(2)17-21-19-16-29(15-18-9-5-6-10-20(18)26)14-13-22(19)30(27-21)23-11-7-8-12-24(23)32-3/h5-12H,4,13-17H2,1-3H3. The van der Waals surface area contributed by atoms with Crippen molar-refractivity contribution in [2.24, 2.45) is 0 Å². The van der Waals surface area contributed by atoms with Crippen molar-refractivity contribution in [1.29, 1.82) is 0 Å². The zero-order chi connectivity index (χ0) is 22.7. The topological polar surface area (TPSA) is 50.6 Å². The van der Waals surface area contributed by atoms with Crippen LogP contribution in [0.1, 0.15) is 35.9 Å². The molecule has 32 heavy (non-hydrogen) atoms. The molecule has 0 atom stereocenters. The lowest BCUT2D eigenvalue weighted by molar-refractivity contribution is -0.130. The molecule has 1 aliphatic rings. The Morgan fingerprint density at radius 1 is 1.19 bits per heavy atom. The molecule has 7 heteroatoms. The third-order valence-electron chi connectivity index (χ3n) is 6.00. The second-order valence-electron chi connectivity index (χ2n) is 8.11. The number of benzene rings is 2. The third kappa shape index (κ3) is 4.39. The Morgan fingerprint density at radius 2 is 1.94 bits per heavy atom. The van der Waals surface area contributed by atoms with Gasteiger partial charge in [-0.2, -0.15) is 5.10 Å². The van der Waals surface area contributed by atoms with Crippen LogP contribution in [0.4, 0.5) is 4.39 Å². The van der Waals surface area contributed by atoms with E-state index in [0.29, 0.717) is 31.6 Å². The summed E-state index contributed by atoms with van der Waals surface area (Å²) in [6.07, 6.45) is 1.23. The van der Waals surface area contributed by atoms with Crippen LogP contribution in [0.5, 0.6) is 5.75 Å². The summed E-state index contributed by atoms with van der Waals surface area (Å²) in [4.78, 5) is 16.2. The van der Waals surface area contributed by atoms with Crippen molar-refractivity contribution in [3.63, 3.8) is 0 Å². The molecule has 3 aromatic rings. The van der Waals surface area contributed by atoms with Gasteiger partial charge in [0.2, 0.25) is 5.91 Å². The number of ether oxygens (including phenoxy) is 1. The van der Waals surface area contributed by atoms with Gasteiger partial charge in [-0.15, -0.1) is 0 Å². The fourth-order valence-corrected chi connectivity index (χ4v) is 4.26. The molecule has 2 aromatic carbocycles. The molecule has 168 valence electrons. The molecule has 0 fully saturated rings. The van der Waals surface area contributed by atoms with E-state index in [9.17, 15) is 9.18 Å². The van der Waals surface area contributed by atoms with E-state index in [-0.39, 0.29) is 11.7 Å². The molecule has 0 spiro atoms. The van der Waals surface area contributed by atoms with Crippen LogP contribution in [0.2, 0.25) is 0 Å². The van der Waals surface area contributed by atoms with Gasteiger partial charge in [0, 0.05) is 50.7 Å². The number of para-hydroxylation sites is 2. The van der Waals surface area contributed by atoms with Crippen molar-refractivity contribution in [1.82, 2.24) is 19.6 Å². The summed E-state index contributed by atoms with van der Waals surface area (Å²) in [5.41, 5.74) is 4.66. The molecule has 0 radical (unpaired) electrons. The maximum absolute atomic E-state index is 14.2.